The van der Waals surface area contributed by atoms with E-state index in [1.54, 1.807) is 24.3 Å². The minimum atomic E-state index is -0.667. The summed E-state index contributed by atoms with van der Waals surface area (Å²) in [5.41, 5.74) is 0.872. The zero-order valence-electron chi connectivity index (χ0n) is 13.3. The number of rotatable bonds is 4. The highest BCUT2D eigenvalue weighted by molar-refractivity contribution is 6.35. The second kappa shape index (κ2) is 7.51. The molecule has 3 rings (SSSR count). The predicted octanol–water partition coefficient (Wildman–Crippen LogP) is 1.76. The molecule has 0 aromatic heterocycles. The number of hydrogen-bond acceptors (Lipinski definition) is 4. The van der Waals surface area contributed by atoms with Crippen LogP contribution in [0.15, 0.2) is 24.3 Å². The van der Waals surface area contributed by atoms with Gasteiger partial charge >= 0.3 is 11.8 Å². The number of amides is 2. The van der Waals surface area contributed by atoms with Gasteiger partial charge in [-0.05, 0) is 30.5 Å². The molecule has 2 amide bonds. The Morgan fingerprint density at radius 2 is 1.79 bits per heavy atom. The lowest BCUT2D eigenvalue weighted by Crippen LogP contribution is -2.43. The van der Waals surface area contributed by atoms with Gasteiger partial charge in [0.05, 0.1) is 6.61 Å². The third-order valence-corrected chi connectivity index (χ3v) is 4.59. The summed E-state index contributed by atoms with van der Waals surface area (Å²) in [5, 5.41) is 5.80. The molecule has 2 aliphatic rings. The van der Waals surface area contributed by atoms with Crippen LogP contribution >= 0.6 is 11.6 Å². The van der Waals surface area contributed by atoms with Crippen LogP contribution in [0.2, 0.25) is 5.02 Å². The molecule has 2 fully saturated rings. The number of benzene rings is 1. The van der Waals surface area contributed by atoms with Crippen molar-refractivity contribution in [3.8, 4) is 0 Å². The van der Waals surface area contributed by atoms with Gasteiger partial charge in [-0.25, -0.2) is 0 Å². The van der Waals surface area contributed by atoms with Crippen molar-refractivity contribution in [1.29, 1.82) is 0 Å². The summed E-state index contributed by atoms with van der Waals surface area (Å²) in [6, 6.07) is 7.06. The molecule has 1 aromatic rings. The summed E-state index contributed by atoms with van der Waals surface area (Å²) in [5.74, 6) is -1.79. The maximum Gasteiger partial charge on any atom is 0.309 e. The Labute approximate surface area is 145 Å². The monoisotopic (exact) mass is 352 g/mol. The Bertz CT molecular complexity index is 599. The maximum absolute atomic E-state index is 11.8. The molecule has 1 heterocycles. The summed E-state index contributed by atoms with van der Waals surface area (Å²) in [6.07, 6.45) is 3.81. The molecule has 7 heteroatoms. The lowest BCUT2D eigenvalue weighted by Gasteiger charge is -2.21. The van der Waals surface area contributed by atoms with Gasteiger partial charge in [0.2, 0.25) is 0 Å². The van der Waals surface area contributed by atoms with Gasteiger partial charge in [0.25, 0.3) is 0 Å². The van der Waals surface area contributed by atoms with Crippen LogP contribution in [0.1, 0.15) is 31.2 Å². The number of carbonyl (C=O) groups excluding carboxylic acids is 2. The van der Waals surface area contributed by atoms with Gasteiger partial charge < -0.3 is 20.1 Å². The van der Waals surface area contributed by atoms with Crippen molar-refractivity contribution in [2.24, 2.45) is 0 Å². The van der Waals surface area contributed by atoms with E-state index in [0.717, 1.165) is 31.2 Å². The van der Waals surface area contributed by atoms with Gasteiger partial charge in [-0.2, -0.15) is 0 Å². The van der Waals surface area contributed by atoms with Crippen LogP contribution in [0.5, 0.6) is 0 Å². The Balaban J connectivity index is 1.38. The third-order valence-electron chi connectivity index (χ3n) is 4.34. The summed E-state index contributed by atoms with van der Waals surface area (Å²) < 4.78 is 11.6. The van der Waals surface area contributed by atoms with E-state index in [4.69, 9.17) is 21.1 Å². The van der Waals surface area contributed by atoms with Gasteiger partial charge in [-0.3, -0.25) is 9.59 Å². The van der Waals surface area contributed by atoms with E-state index in [1.165, 1.54) is 0 Å². The van der Waals surface area contributed by atoms with Crippen molar-refractivity contribution in [2.75, 3.05) is 13.2 Å². The van der Waals surface area contributed by atoms with Crippen LogP contribution in [0.4, 0.5) is 0 Å². The SMILES string of the molecule is O=C(NCc1ccc(Cl)cc1)C(=O)NCC1COC2(CCCC2)O1. The Morgan fingerprint density at radius 1 is 1.12 bits per heavy atom. The third kappa shape index (κ3) is 4.26. The summed E-state index contributed by atoms with van der Waals surface area (Å²) >= 11 is 5.80. The zero-order valence-corrected chi connectivity index (χ0v) is 14.1. The van der Waals surface area contributed by atoms with Crippen LogP contribution in [0.3, 0.4) is 0 Å². The number of nitrogens with one attached hydrogen (secondary N) is 2. The van der Waals surface area contributed by atoms with Gasteiger partial charge in [-0.15, -0.1) is 0 Å². The largest absolute Gasteiger partial charge is 0.347 e. The summed E-state index contributed by atoms with van der Waals surface area (Å²) in [6.45, 7) is 0.997. The first-order valence-corrected chi connectivity index (χ1v) is 8.56. The molecule has 1 saturated carbocycles. The van der Waals surface area contributed by atoms with Crippen molar-refractivity contribution in [3.05, 3.63) is 34.9 Å². The molecule has 24 heavy (non-hydrogen) atoms. The molecule has 1 aliphatic heterocycles. The molecular formula is C17H21ClN2O4. The number of ether oxygens (including phenoxy) is 2. The normalized spacial score (nSPS) is 21.8. The van der Waals surface area contributed by atoms with E-state index >= 15 is 0 Å². The molecule has 1 aromatic carbocycles. The molecule has 1 unspecified atom stereocenters. The molecule has 1 saturated heterocycles. The fraction of sp³-hybridized carbons (Fsp3) is 0.529. The molecule has 0 bridgehead atoms. The lowest BCUT2D eigenvalue weighted by atomic mass is 10.2. The van der Waals surface area contributed by atoms with Crippen molar-refractivity contribution in [3.63, 3.8) is 0 Å². The van der Waals surface area contributed by atoms with E-state index in [2.05, 4.69) is 10.6 Å². The smallest absolute Gasteiger partial charge is 0.309 e. The Morgan fingerprint density at radius 3 is 2.50 bits per heavy atom. The highest BCUT2D eigenvalue weighted by Crippen LogP contribution is 2.38. The second-order valence-corrected chi connectivity index (χ2v) is 6.62. The van der Waals surface area contributed by atoms with Crippen molar-refractivity contribution in [1.82, 2.24) is 10.6 Å². The minimum Gasteiger partial charge on any atom is -0.347 e. The maximum atomic E-state index is 11.8. The molecule has 2 N–H and O–H groups in total. The van der Waals surface area contributed by atoms with Crippen LogP contribution in [0, 0.1) is 0 Å². The minimum absolute atomic E-state index is 0.198. The Kier molecular flexibility index (Phi) is 5.38. The Hall–Kier alpha value is -1.63. The van der Waals surface area contributed by atoms with E-state index < -0.39 is 17.6 Å². The first-order chi connectivity index (χ1) is 11.6. The highest BCUT2D eigenvalue weighted by atomic mass is 35.5. The van der Waals surface area contributed by atoms with Gasteiger partial charge in [-0.1, -0.05) is 23.7 Å². The summed E-state index contributed by atoms with van der Waals surface area (Å²) in [4.78, 5) is 23.7. The van der Waals surface area contributed by atoms with Crippen LogP contribution in [-0.2, 0) is 25.6 Å². The number of halogens is 1. The molecule has 1 atom stereocenters. The second-order valence-electron chi connectivity index (χ2n) is 6.19. The van der Waals surface area contributed by atoms with E-state index in [-0.39, 0.29) is 19.2 Å². The van der Waals surface area contributed by atoms with Crippen molar-refractivity contribution < 1.29 is 19.1 Å². The molecule has 1 aliphatic carbocycles. The average molecular weight is 353 g/mol. The number of carbonyl (C=O) groups is 2. The quantitative estimate of drug-likeness (QED) is 0.809. The van der Waals surface area contributed by atoms with Crippen LogP contribution < -0.4 is 10.6 Å². The predicted molar refractivity (Wildman–Crippen MR) is 88.3 cm³/mol. The van der Waals surface area contributed by atoms with Crippen LogP contribution in [-0.4, -0.2) is 36.9 Å². The topological polar surface area (TPSA) is 76.7 Å². The van der Waals surface area contributed by atoms with Gasteiger partial charge in [0.1, 0.15) is 6.10 Å². The zero-order chi connectivity index (χ0) is 17.0. The lowest BCUT2D eigenvalue weighted by molar-refractivity contribution is -0.161. The van der Waals surface area contributed by atoms with Gasteiger partial charge in [0.15, 0.2) is 5.79 Å². The van der Waals surface area contributed by atoms with Crippen molar-refractivity contribution >= 4 is 23.4 Å². The van der Waals surface area contributed by atoms with Crippen molar-refractivity contribution in [2.45, 2.75) is 44.1 Å². The van der Waals surface area contributed by atoms with Crippen LogP contribution in [0.25, 0.3) is 0 Å². The molecule has 0 radical (unpaired) electrons. The summed E-state index contributed by atoms with van der Waals surface area (Å²) in [7, 11) is 0. The fourth-order valence-electron chi connectivity index (χ4n) is 3.04. The number of hydrogen-bond donors (Lipinski definition) is 2. The molecular weight excluding hydrogens is 332 g/mol. The first kappa shape index (κ1) is 17.2. The molecule has 130 valence electrons. The first-order valence-electron chi connectivity index (χ1n) is 8.19. The van der Waals surface area contributed by atoms with E-state index in [0.29, 0.717) is 11.6 Å². The fourth-order valence-corrected chi connectivity index (χ4v) is 3.17. The van der Waals surface area contributed by atoms with Gasteiger partial charge in [0, 0.05) is 31.0 Å². The highest BCUT2D eigenvalue weighted by Gasteiger charge is 2.43. The van der Waals surface area contributed by atoms with E-state index in [1.807, 2.05) is 0 Å². The average Bonchev–Trinajstić information content (AvgIpc) is 3.22. The molecule has 6 nitrogen and oxygen atoms in total. The van der Waals surface area contributed by atoms with E-state index in [9.17, 15) is 9.59 Å². The standard InChI is InChI=1S/C17H21ClN2O4/c18-13-5-3-12(4-6-13)9-19-15(21)16(22)20-10-14-11-23-17(24-14)7-1-2-8-17/h3-6,14H,1-2,7-11H2,(H,19,21)(H,20,22). The molecule has 1 spiro atoms.